The van der Waals surface area contributed by atoms with Gasteiger partial charge in [-0.1, -0.05) is 29.8 Å². The van der Waals surface area contributed by atoms with Crippen molar-refractivity contribution in [3.05, 3.63) is 69.7 Å². The van der Waals surface area contributed by atoms with Gasteiger partial charge in [0.2, 0.25) is 0 Å². The zero-order valence-corrected chi connectivity index (χ0v) is 12.2. The summed E-state index contributed by atoms with van der Waals surface area (Å²) in [5.74, 6) is -1.72. The molecule has 2 rings (SSSR count). The van der Waals surface area contributed by atoms with Gasteiger partial charge in [-0.05, 0) is 36.2 Å². The molecule has 0 aliphatic carbocycles. The van der Waals surface area contributed by atoms with E-state index in [9.17, 15) is 13.9 Å². The van der Waals surface area contributed by atoms with Crippen LogP contribution in [0.1, 0.15) is 28.7 Å². The van der Waals surface area contributed by atoms with Crippen molar-refractivity contribution in [3.8, 4) is 0 Å². The SMILES string of the molecule is Cc1ccc(C(O)C(CN)c2c(F)cccc2Cl)cc1F. The van der Waals surface area contributed by atoms with E-state index in [2.05, 4.69) is 0 Å². The first-order valence-corrected chi connectivity index (χ1v) is 6.91. The van der Waals surface area contributed by atoms with Crippen LogP contribution in [0.5, 0.6) is 0 Å². The van der Waals surface area contributed by atoms with Gasteiger partial charge in [-0.2, -0.15) is 0 Å². The minimum atomic E-state index is -1.14. The highest BCUT2D eigenvalue weighted by molar-refractivity contribution is 6.31. The fraction of sp³-hybridized carbons (Fsp3) is 0.250. The number of rotatable bonds is 4. The molecule has 0 aliphatic rings. The first-order valence-electron chi connectivity index (χ1n) is 6.53. The lowest BCUT2D eigenvalue weighted by Gasteiger charge is -2.24. The number of hydrogen-bond acceptors (Lipinski definition) is 2. The van der Waals surface area contributed by atoms with Crippen molar-refractivity contribution in [2.75, 3.05) is 6.54 Å². The van der Waals surface area contributed by atoms with E-state index in [0.717, 1.165) is 0 Å². The van der Waals surface area contributed by atoms with Crippen molar-refractivity contribution >= 4 is 11.6 Å². The molecule has 0 amide bonds. The van der Waals surface area contributed by atoms with Crippen LogP contribution in [0.4, 0.5) is 8.78 Å². The highest BCUT2D eigenvalue weighted by atomic mass is 35.5. The van der Waals surface area contributed by atoms with Crippen LogP contribution < -0.4 is 5.73 Å². The third-order valence-corrected chi connectivity index (χ3v) is 3.87. The topological polar surface area (TPSA) is 46.2 Å². The minimum absolute atomic E-state index is 0.0166. The lowest BCUT2D eigenvalue weighted by atomic mass is 9.88. The second-order valence-electron chi connectivity index (χ2n) is 4.93. The van der Waals surface area contributed by atoms with Crippen LogP contribution in [0.25, 0.3) is 0 Å². The summed E-state index contributed by atoms with van der Waals surface area (Å²) < 4.78 is 27.6. The van der Waals surface area contributed by atoms with E-state index in [0.29, 0.717) is 11.1 Å². The molecule has 112 valence electrons. The van der Waals surface area contributed by atoms with Gasteiger partial charge in [-0.25, -0.2) is 8.78 Å². The molecule has 2 aromatic carbocycles. The first-order chi connectivity index (χ1) is 9.95. The van der Waals surface area contributed by atoms with Crippen molar-refractivity contribution in [1.82, 2.24) is 0 Å². The molecule has 2 nitrogen and oxygen atoms in total. The molecule has 3 N–H and O–H groups in total. The monoisotopic (exact) mass is 311 g/mol. The molecular weight excluding hydrogens is 296 g/mol. The second kappa shape index (κ2) is 6.52. The number of nitrogens with two attached hydrogens (primary N) is 1. The predicted octanol–water partition coefficient (Wildman–Crippen LogP) is 3.70. The molecule has 2 aromatic rings. The second-order valence-corrected chi connectivity index (χ2v) is 5.34. The van der Waals surface area contributed by atoms with Crippen molar-refractivity contribution in [1.29, 1.82) is 0 Å². The molecule has 2 atom stereocenters. The van der Waals surface area contributed by atoms with Gasteiger partial charge < -0.3 is 10.8 Å². The molecule has 0 bridgehead atoms. The number of benzene rings is 2. The molecule has 0 fully saturated rings. The highest BCUT2D eigenvalue weighted by Crippen LogP contribution is 2.36. The number of aliphatic hydroxyl groups is 1. The molecule has 0 saturated heterocycles. The van der Waals surface area contributed by atoms with Crippen molar-refractivity contribution in [3.63, 3.8) is 0 Å². The molecule has 0 spiro atoms. The molecule has 0 saturated carbocycles. The van der Waals surface area contributed by atoms with Crippen LogP contribution in [0, 0.1) is 18.6 Å². The van der Waals surface area contributed by atoms with Crippen molar-refractivity contribution in [2.24, 2.45) is 5.73 Å². The van der Waals surface area contributed by atoms with Gasteiger partial charge in [0.25, 0.3) is 0 Å². The average molecular weight is 312 g/mol. The number of aryl methyl sites for hydroxylation is 1. The Morgan fingerprint density at radius 3 is 2.48 bits per heavy atom. The van der Waals surface area contributed by atoms with Crippen LogP contribution in [0.2, 0.25) is 5.02 Å². The van der Waals surface area contributed by atoms with Crippen molar-refractivity contribution in [2.45, 2.75) is 18.9 Å². The predicted molar refractivity (Wildman–Crippen MR) is 79.3 cm³/mol. The van der Waals surface area contributed by atoms with E-state index < -0.39 is 23.7 Å². The summed E-state index contributed by atoms with van der Waals surface area (Å²) in [5, 5.41) is 10.6. The van der Waals surface area contributed by atoms with Crippen LogP contribution in [-0.2, 0) is 0 Å². The summed E-state index contributed by atoms with van der Waals surface area (Å²) >= 11 is 6.01. The van der Waals surface area contributed by atoms with Gasteiger partial charge in [0, 0.05) is 23.0 Å². The summed E-state index contributed by atoms with van der Waals surface area (Å²) in [6.45, 7) is 1.61. The van der Waals surface area contributed by atoms with E-state index in [1.54, 1.807) is 19.1 Å². The molecule has 2 unspecified atom stereocenters. The third kappa shape index (κ3) is 3.23. The lowest BCUT2D eigenvalue weighted by molar-refractivity contribution is 0.145. The summed E-state index contributed by atoms with van der Waals surface area (Å²) in [5.41, 5.74) is 6.63. The Morgan fingerprint density at radius 2 is 1.90 bits per heavy atom. The normalized spacial score (nSPS) is 14.0. The summed E-state index contributed by atoms with van der Waals surface area (Å²) in [4.78, 5) is 0. The maximum Gasteiger partial charge on any atom is 0.128 e. The van der Waals surface area contributed by atoms with Crippen LogP contribution in [-0.4, -0.2) is 11.7 Å². The zero-order valence-electron chi connectivity index (χ0n) is 11.5. The fourth-order valence-electron chi connectivity index (χ4n) is 2.29. The number of hydrogen-bond donors (Lipinski definition) is 2. The van der Waals surface area contributed by atoms with Gasteiger partial charge in [-0.3, -0.25) is 0 Å². The maximum atomic E-state index is 14.0. The Kier molecular flexibility index (Phi) is 4.93. The van der Waals surface area contributed by atoms with E-state index >= 15 is 0 Å². The van der Waals surface area contributed by atoms with E-state index in [1.807, 2.05) is 0 Å². The van der Waals surface area contributed by atoms with Gasteiger partial charge >= 0.3 is 0 Å². The third-order valence-electron chi connectivity index (χ3n) is 3.54. The van der Waals surface area contributed by atoms with Gasteiger partial charge in [0.05, 0.1) is 6.10 Å². The van der Waals surface area contributed by atoms with E-state index in [4.69, 9.17) is 17.3 Å². The Hall–Kier alpha value is -1.49. The Bertz CT molecular complexity index is 628. The summed E-state index contributed by atoms with van der Waals surface area (Å²) in [6, 6.07) is 8.66. The van der Waals surface area contributed by atoms with Crippen LogP contribution in [0.15, 0.2) is 36.4 Å². The molecule has 0 aromatic heterocycles. The standard InChI is InChI=1S/C16H16ClF2NO/c1-9-5-6-10(7-14(9)19)16(21)11(8-20)15-12(17)3-2-4-13(15)18/h2-7,11,16,21H,8,20H2,1H3. The van der Waals surface area contributed by atoms with E-state index in [1.165, 1.54) is 24.3 Å². The maximum absolute atomic E-state index is 14.0. The minimum Gasteiger partial charge on any atom is -0.388 e. The number of halogens is 3. The first kappa shape index (κ1) is 15.9. The Labute approximate surface area is 127 Å². The van der Waals surface area contributed by atoms with Gasteiger partial charge in [0.15, 0.2) is 0 Å². The zero-order chi connectivity index (χ0) is 15.6. The Balaban J connectivity index is 2.43. The molecule has 5 heteroatoms. The van der Waals surface area contributed by atoms with Gasteiger partial charge in [-0.15, -0.1) is 0 Å². The summed E-state index contributed by atoms with van der Waals surface area (Å²) in [7, 11) is 0. The summed E-state index contributed by atoms with van der Waals surface area (Å²) in [6.07, 6.45) is -1.14. The average Bonchev–Trinajstić information content (AvgIpc) is 2.45. The Morgan fingerprint density at radius 1 is 1.19 bits per heavy atom. The molecular formula is C16H16ClF2NO. The molecule has 21 heavy (non-hydrogen) atoms. The molecule has 0 heterocycles. The van der Waals surface area contributed by atoms with Crippen LogP contribution in [0.3, 0.4) is 0 Å². The quantitative estimate of drug-likeness (QED) is 0.904. The largest absolute Gasteiger partial charge is 0.388 e. The number of aliphatic hydroxyl groups excluding tert-OH is 1. The van der Waals surface area contributed by atoms with Gasteiger partial charge in [0.1, 0.15) is 11.6 Å². The van der Waals surface area contributed by atoms with Crippen molar-refractivity contribution < 1.29 is 13.9 Å². The van der Waals surface area contributed by atoms with E-state index in [-0.39, 0.29) is 17.1 Å². The highest BCUT2D eigenvalue weighted by Gasteiger charge is 2.26. The molecule has 0 radical (unpaired) electrons. The lowest BCUT2D eigenvalue weighted by Crippen LogP contribution is -2.21. The fourth-order valence-corrected chi connectivity index (χ4v) is 2.60. The smallest absolute Gasteiger partial charge is 0.128 e. The molecule has 0 aliphatic heterocycles. The van der Waals surface area contributed by atoms with Crippen LogP contribution >= 0.6 is 11.6 Å².